The van der Waals surface area contributed by atoms with Gasteiger partial charge in [0.1, 0.15) is 11.2 Å². The molecule has 0 aliphatic carbocycles. The molecular formula is C28H41F3N2O4. The number of alkyl halides is 3. The van der Waals surface area contributed by atoms with Gasteiger partial charge in [0.05, 0.1) is 11.5 Å². The van der Waals surface area contributed by atoms with E-state index in [4.69, 9.17) is 9.47 Å². The number of carbonyl (C=O) groups is 2. The quantitative estimate of drug-likeness (QED) is 0.406. The molecule has 9 heteroatoms. The van der Waals surface area contributed by atoms with Crippen LogP contribution in [0.15, 0.2) is 18.2 Å². The van der Waals surface area contributed by atoms with Gasteiger partial charge in [0.15, 0.2) is 0 Å². The Kier molecular flexibility index (Phi) is 8.44. The molecule has 2 fully saturated rings. The first-order valence-electron chi connectivity index (χ1n) is 13.2. The summed E-state index contributed by atoms with van der Waals surface area (Å²) in [7, 11) is 0. The molecule has 2 aliphatic rings. The van der Waals surface area contributed by atoms with Gasteiger partial charge in [0, 0.05) is 37.3 Å². The number of piperidine rings is 1. The number of rotatable bonds is 4. The molecule has 1 amide bonds. The molecule has 0 aromatic heterocycles. The number of nitrogens with zero attached hydrogens (tertiary/aromatic N) is 2. The van der Waals surface area contributed by atoms with E-state index in [2.05, 4.69) is 0 Å². The molecule has 2 atom stereocenters. The van der Waals surface area contributed by atoms with Crippen LogP contribution in [-0.2, 0) is 20.4 Å². The Balaban J connectivity index is 1.87. The maximum absolute atomic E-state index is 13.7. The summed E-state index contributed by atoms with van der Waals surface area (Å²) >= 11 is 0. The number of halogens is 3. The number of amides is 1. The molecule has 0 N–H and O–H groups in total. The third-order valence-electron chi connectivity index (χ3n) is 6.93. The topological polar surface area (TPSA) is 59.1 Å². The summed E-state index contributed by atoms with van der Waals surface area (Å²) in [5.74, 6) is -0.646. The third-order valence-corrected chi connectivity index (χ3v) is 6.93. The number of likely N-dealkylation sites (tertiary alicyclic amines) is 1. The molecule has 0 saturated carbocycles. The van der Waals surface area contributed by atoms with Crippen LogP contribution in [0.25, 0.3) is 0 Å². The van der Waals surface area contributed by atoms with Crippen LogP contribution in [0.5, 0.6) is 0 Å². The van der Waals surface area contributed by atoms with E-state index < -0.39 is 29.0 Å². The molecule has 1 aromatic rings. The Bertz CT molecular complexity index is 973. The highest BCUT2D eigenvalue weighted by atomic mass is 19.4. The van der Waals surface area contributed by atoms with E-state index in [1.807, 2.05) is 53.4 Å². The highest BCUT2D eigenvalue weighted by Crippen LogP contribution is 2.43. The van der Waals surface area contributed by atoms with Crippen molar-refractivity contribution in [2.24, 2.45) is 5.92 Å². The lowest BCUT2D eigenvalue weighted by Crippen LogP contribution is -2.41. The largest absolute Gasteiger partial charge is 0.460 e. The second kappa shape index (κ2) is 10.7. The number of esters is 1. The van der Waals surface area contributed by atoms with Gasteiger partial charge in [-0.05, 0) is 84.9 Å². The van der Waals surface area contributed by atoms with Gasteiger partial charge in [-0.15, -0.1) is 0 Å². The van der Waals surface area contributed by atoms with Crippen LogP contribution in [0.4, 0.5) is 23.7 Å². The molecule has 0 spiro atoms. The fraction of sp³-hybridized carbons (Fsp3) is 0.714. The normalized spacial score (nSPS) is 21.8. The van der Waals surface area contributed by atoms with Crippen molar-refractivity contribution in [2.45, 2.75) is 103 Å². The summed E-state index contributed by atoms with van der Waals surface area (Å²) in [5, 5.41) is 0. The van der Waals surface area contributed by atoms with Crippen LogP contribution >= 0.6 is 0 Å². The van der Waals surface area contributed by atoms with Crippen molar-refractivity contribution in [3.8, 4) is 0 Å². The Labute approximate surface area is 218 Å². The van der Waals surface area contributed by atoms with Crippen molar-refractivity contribution in [1.82, 2.24) is 4.90 Å². The lowest BCUT2D eigenvalue weighted by Gasteiger charge is -2.37. The zero-order chi connectivity index (χ0) is 27.8. The zero-order valence-corrected chi connectivity index (χ0v) is 23.1. The Hall–Kier alpha value is -2.45. The number of hydrogen-bond acceptors (Lipinski definition) is 5. The smallest absolute Gasteiger partial charge is 0.416 e. The lowest BCUT2D eigenvalue weighted by atomic mass is 9.87. The highest BCUT2D eigenvalue weighted by Gasteiger charge is 2.41. The lowest BCUT2D eigenvalue weighted by molar-refractivity contribution is -0.160. The van der Waals surface area contributed by atoms with Gasteiger partial charge in [-0.25, -0.2) is 4.79 Å². The summed E-state index contributed by atoms with van der Waals surface area (Å²) in [5.41, 5.74) is -0.574. The highest BCUT2D eigenvalue weighted by molar-refractivity contribution is 5.73. The molecule has 208 valence electrons. The van der Waals surface area contributed by atoms with Crippen LogP contribution in [-0.4, -0.2) is 53.8 Å². The van der Waals surface area contributed by atoms with Crippen LogP contribution in [0.2, 0.25) is 0 Å². The Morgan fingerprint density at radius 1 is 0.919 bits per heavy atom. The standard InChI is InChI=1S/C28H41F3N2O4/c1-8-22-21(13-16-33(22)25(35)37-27(5,6)7)20-10-9-19(28(29,30)31)17-23(20)32-14-11-18(12-15-32)24(34)36-26(2,3)4/h9-10,17-18,21-22H,8,11-16H2,1-7H3. The molecule has 2 heterocycles. The maximum atomic E-state index is 13.7. The van der Waals surface area contributed by atoms with Gasteiger partial charge in [-0.1, -0.05) is 13.0 Å². The first-order valence-corrected chi connectivity index (χ1v) is 13.2. The van der Waals surface area contributed by atoms with Gasteiger partial charge in [-0.3, -0.25) is 4.79 Å². The van der Waals surface area contributed by atoms with Gasteiger partial charge >= 0.3 is 18.2 Å². The first-order chi connectivity index (χ1) is 17.0. The zero-order valence-electron chi connectivity index (χ0n) is 23.1. The first kappa shape index (κ1) is 29.1. The Morgan fingerprint density at radius 3 is 2.03 bits per heavy atom. The summed E-state index contributed by atoms with van der Waals surface area (Å²) in [6, 6.07) is 3.76. The molecule has 37 heavy (non-hydrogen) atoms. The number of ether oxygens (including phenoxy) is 2. The van der Waals surface area contributed by atoms with Crippen molar-refractivity contribution in [1.29, 1.82) is 0 Å². The average molecular weight is 527 g/mol. The van der Waals surface area contributed by atoms with Crippen LogP contribution in [0, 0.1) is 5.92 Å². The van der Waals surface area contributed by atoms with Crippen LogP contribution < -0.4 is 4.90 Å². The molecule has 1 aromatic carbocycles. The number of carbonyl (C=O) groups excluding carboxylic acids is 2. The van der Waals surface area contributed by atoms with E-state index in [-0.39, 0.29) is 23.8 Å². The second-order valence-corrected chi connectivity index (χ2v) is 12.1. The molecule has 0 radical (unpaired) electrons. The van der Waals surface area contributed by atoms with E-state index in [9.17, 15) is 22.8 Å². The van der Waals surface area contributed by atoms with E-state index in [1.165, 1.54) is 6.07 Å². The molecule has 3 rings (SSSR count). The van der Waals surface area contributed by atoms with Crippen molar-refractivity contribution in [2.75, 3.05) is 24.5 Å². The van der Waals surface area contributed by atoms with Crippen molar-refractivity contribution in [3.63, 3.8) is 0 Å². The molecule has 0 bridgehead atoms. The van der Waals surface area contributed by atoms with Gasteiger partial charge < -0.3 is 19.3 Å². The summed E-state index contributed by atoms with van der Waals surface area (Å²) in [6.45, 7) is 14.3. The summed E-state index contributed by atoms with van der Waals surface area (Å²) < 4.78 is 52.2. The van der Waals surface area contributed by atoms with Gasteiger partial charge in [-0.2, -0.15) is 13.2 Å². The number of benzene rings is 1. The fourth-order valence-corrected chi connectivity index (χ4v) is 5.32. The maximum Gasteiger partial charge on any atom is 0.416 e. The van der Waals surface area contributed by atoms with Crippen LogP contribution in [0.1, 0.15) is 91.2 Å². The summed E-state index contributed by atoms with van der Waals surface area (Å²) in [6.07, 6.45) is -2.54. The molecule has 2 aliphatic heterocycles. The molecule has 6 nitrogen and oxygen atoms in total. The van der Waals surface area contributed by atoms with E-state index in [1.54, 1.807) is 11.0 Å². The van der Waals surface area contributed by atoms with Crippen molar-refractivity contribution in [3.05, 3.63) is 29.3 Å². The van der Waals surface area contributed by atoms with Gasteiger partial charge in [0.25, 0.3) is 0 Å². The van der Waals surface area contributed by atoms with Crippen molar-refractivity contribution < 1.29 is 32.2 Å². The number of anilines is 1. The fourth-order valence-electron chi connectivity index (χ4n) is 5.32. The Morgan fingerprint density at radius 2 is 1.51 bits per heavy atom. The minimum atomic E-state index is -4.47. The molecule has 2 saturated heterocycles. The minimum Gasteiger partial charge on any atom is -0.460 e. The molecule has 2 unspecified atom stereocenters. The van der Waals surface area contributed by atoms with E-state index in [0.717, 1.165) is 11.6 Å². The monoisotopic (exact) mass is 526 g/mol. The summed E-state index contributed by atoms with van der Waals surface area (Å²) in [4.78, 5) is 29.1. The third kappa shape index (κ3) is 7.32. The predicted molar refractivity (Wildman–Crippen MR) is 137 cm³/mol. The van der Waals surface area contributed by atoms with E-state index >= 15 is 0 Å². The minimum absolute atomic E-state index is 0.113. The number of hydrogen-bond donors (Lipinski definition) is 0. The van der Waals surface area contributed by atoms with Gasteiger partial charge in [0.2, 0.25) is 0 Å². The second-order valence-electron chi connectivity index (χ2n) is 12.1. The van der Waals surface area contributed by atoms with Crippen molar-refractivity contribution >= 4 is 17.7 Å². The van der Waals surface area contributed by atoms with Crippen LogP contribution in [0.3, 0.4) is 0 Å². The average Bonchev–Trinajstić information content (AvgIpc) is 3.20. The SMILES string of the molecule is CCC1C(c2ccc(C(F)(F)F)cc2N2CCC(C(=O)OC(C)(C)C)CC2)CCN1C(=O)OC(C)(C)C. The predicted octanol–water partition coefficient (Wildman–Crippen LogP) is 6.77. The van der Waals surface area contributed by atoms with E-state index in [0.29, 0.717) is 51.0 Å². The molecular weight excluding hydrogens is 485 g/mol.